The van der Waals surface area contributed by atoms with E-state index < -0.39 is 11.7 Å². The largest absolute Gasteiger partial charge is 0.416 e. The number of aromatic nitrogens is 3. The number of piperidine rings is 1. The summed E-state index contributed by atoms with van der Waals surface area (Å²) in [6.45, 7) is 3.14. The van der Waals surface area contributed by atoms with Gasteiger partial charge in [-0.15, -0.1) is 0 Å². The lowest BCUT2D eigenvalue weighted by atomic mass is 10.1. The van der Waals surface area contributed by atoms with Crippen LogP contribution in [-0.4, -0.2) is 39.5 Å². The van der Waals surface area contributed by atoms with E-state index in [0.29, 0.717) is 30.1 Å². The van der Waals surface area contributed by atoms with Gasteiger partial charge in [-0.05, 0) is 68.7 Å². The Morgan fingerprint density at radius 1 is 0.889 bits per heavy atom. The average Bonchev–Trinajstić information content (AvgIpc) is 2.86. The van der Waals surface area contributed by atoms with E-state index in [9.17, 15) is 17.6 Å². The zero-order valence-corrected chi connectivity index (χ0v) is 19.9. The number of hydrogen-bond acceptors (Lipinski definition) is 7. The summed E-state index contributed by atoms with van der Waals surface area (Å²) in [4.78, 5) is 15.9. The minimum atomic E-state index is -4.45. The van der Waals surface area contributed by atoms with Crippen molar-refractivity contribution in [2.45, 2.75) is 44.7 Å². The number of aryl methyl sites for hydroxylation is 1. The highest BCUT2D eigenvalue weighted by molar-refractivity contribution is 5.56. The molecule has 2 heterocycles. The third kappa shape index (κ3) is 8.59. The Morgan fingerprint density at radius 3 is 2.22 bits per heavy atom. The van der Waals surface area contributed by atoms with Gasteiger partial charge >= 0.3 is 6.18 Å². The zero-order valence-electron chi connectivity index (χ0n) is 19.9. The molecule has 7 nitrogen and oxygen atoms in total. The van der Waals surface area contributed by atoms with Crippen molar-refractivity contribution in [3.8, 4) is 11.4 Å². The van der Waals surface area contributed by atoms with Crippen molar-refractivity contribution in [2.24, 2.45) is 11.7 Å². The fourth-order valence-corrected chi connectivity index (χ4v) is 4.05. The van der Waals surface area contributed by atoms with E-state index in [1.165, 1.54) is 37.5 Å². The maximum atomic E-state index is 13.3. The number of likely N-dealkylation sites (tertiary alicyclic amines) is 1. The first-order chi connectivity index (χ1) is 17.3. The molecule has 1 aliphatic heterocycles. The molecule has 1 fully saturated rings. The van der Waals surface area contributed by atoms with Crippen molar-refractivity contribution in [3.63, 3.8) is 0 Å². The Labute approximate surface area is 207 Å². The van der Waals surface area contributed by atoms with Crippen molar-refractivity contribution < 1.29 is 17.6 Å². The van der Waals surface area contributed by atoms with Crippen LogP contribution in [0.4, 0.5) is 17.6 Å². The van der Waals surface area contributed by atoms with Gasteiger partial charge in [0.2, 0.25) is 0 Å². The van der Waals surface area contributed by atoms with Gasteiger partial charge in [0.1, 0.15) is 17.5 Å². The Balaban J connectivity index is 0.00000115. The molecule has 0 amide bonds. The van der Waals surface area contributed by atoms with Crippen LogP contribution in [0.1, 0.15) is 48.5 Å². The lowest BCUT2D eigenvalue weighted by molar-refractivity contribution is -0.137. The molecule has 0 spiro atoms. The quantitative estimate of drug-likeness (QED) is 0.253. The molecule has 3 aromatic rings. The molecule has 5 N–H and O–H groups in total. The predicted molar refractivity (Wildman–Crippen MR) is 130 cm³/mol. The maximum Gasteiger partial charge on any atom is 0.416 e. The molecule has 1 aromatic heterocycles. The fourth-order valence-electron chi connectivity index (χ4n) is 4.05. The molecule has 2 aromatic carbocycles. The molecule has 194 valence electrons. The van der Waals surface area contributed by atoms with E-state index in [-0.39, 0.29) is 11.6 Å². The number of nitrogens with zero attached hydrogens (tertiary/aromatic N) is 4. The molecule has 0 unspecified atom stereocenters. The molecule has 1 aliphatic rings. The second-order valence-electron chi connectivity index (χ2n) is 8.55. The molecular weight excluding hydrogens is 474 g/mol. The summed E-state index contributed by atoms with van der Waals surface area (Å²) in [7, 11) is 0. The lowest BCUT2D eigenvalue weighted by Crippen LogP contribution is -2.30. The van der Waals surface area contributed by atoms with Crippen LogP contribution in [0, 0.1) is 5.82 Å². The number of rotatable bonds is 7. The summed E-state index contributed by atoms with van der Waals surface area (Å²) in [5, 5.41) is 0. The molecule has 36 heavy (non-hydrogen) atoms. The van der Waals surface area contributed by atoms with E-state index in [1.807, 2.05) is 0 Å². The van der Waals surface area contributed by atoms with Gasteiger partial charge < -0.3 is 4.90 Å². The average molecular weight is 506 g/mol. The first-order valence-corrected chi connectivity index (χ1v) is 11.8. The van der Waals surface area contributed by atoms with Gasteiger partial charge in [-0.25, -0.2) is 19.3 Å². The summed E-state index contributed by atoms with van der Waals surface area (Å²) in [6, 6.07) is 11.1. The van der Waals surface area contributed by atoms with Crippen LogP contribution in [0.25, 0.3) is 11.4 Å². The van der Waals surface area contributed by atoms with Crippen LogP contribution in [0.2, 0.25) is 0 Å². The molecule has 0 saturated carbocycles. The Bertz CT molecular complexity index is 1080. The van der Waals surface area contributed by atoms with Gasteiger partial charge in [-0.1, -0.05) is 30.7 Å². The van der Waals surface area contributed by atoms with E-state index in [0.717, 1.165) is 43.8 Å². The number of nitrogens with two attached hydrogens (primary N) is 2. The molecule has 0 aliphatic carbocycles. The molecule has 0 radical (unpaired) electrons. The van der Waals surface area contributed by atoms with Crippen LogP contribution < -0.4 is 17.2 Å². The second-order valence-corrected chi connectivity index (χ2v) is 8.55. The Hall–Kier alpha value is -2.99. The van der Waals surface area contributed by atoms with Crippen molar-refractivity contribution >= 4 is 0 Å². The summed E-state index contributed by atoms with van der Waals surface area (Å²) in [6.07, 6.45) is 1.08. The smallest absolute Gasteiger partial charge is 0.303 e. The zero-order chi connectivity index (χ0) is 26.0. The predicted octanol–water partition coefficient (Wildman–Crippen LogP) is 4.03. The topological polar surface area (TPSA) is 106 Å². The number of hydrogen-bond donors (Lipinski definition) is 3. The summed E-state index contributed by atoms with van der Waals surface area (Å²) >= 11 is 0. The molecule has 1 saturated heterocycles. The van der Waals surface area contributed by atoms with Crippen LogP contribution in [-0.2, 0) is 19.0 Å². The van der Waals surface area contributed by atoms with E-state index >= 15 is 0 Å². The molecule has 0 atom stereocenters. The maximum absolute atomic E-state index is 13.3. The SMILES string of the molecule is Fc1ccc(Cc2nc(CCCN3CCCCC3)nc(-c3cccc(C(F)(F)F)c3)n2)cc1.NNN. The van der Waals surface area contributed by atoms with Crippen molar-refractivity contribution in [1.29, 1.82) is 0 Å². The monoisotopic (exact) mass is 505 g/mol. The third-order valence-electron chi connectivity index (χ3n) is 5.78. The van der Waals surface area contributed by atoms with Crippen molar-refractivity contribution in [2.75, 3.05) is 19.6 Å². The van der Waals surface area contributed by atoms with Gasteiger partial charge in [0.05, 0.1) is 5.56 Å². The highest BCUT2D eigenvalue weighted by atomic mass is 19.4. The van der Waals surface area contributed by atoms with Crippen LogP contribution in [0.3, 0.4) is 0 Å². The Kier molecular flexibility index (Phi) is 10.2. The molecule has 11 heteroatoms. The standard InChI is InChI=1S/C25H26F4N4.H5N3/c26-21-11-9-18(10-12-21)16-23-30-22(8-5-15-33-13-2-1-3-14-33)31-24(32-23)19-6-4-7-20(17-19)25(27,28)29;1-3-2/h4,6-7,9-12,17H,1-3,5,8,13-16H2;3H,1-2H2. The van der Waals surface area contributed by atoms with E-state index in [1.54, 1.807) is 23.7 Å². The lowest BCUT2D eigenvalue weighted by Gasteiger charge is -2.26. The number of benzene rings is 2. The highest BCUT2D eigenvalue weighted by Gasteiger charge is 2.30. The molecule has 4 rings (SSSR count). The van der Waals surface area contributed by atoms with Crippen LogP contribution in [0.15, 0.2) is 48.5 Å². The second kappa shape index (κ2) is 13.4. The minimum Gasteiger partial charge on any atom is -0.303 e. The van der Waals surface area contributed by atoms with Gasteiger partial charge in [0.25, 0.3) is 0 Å². The van der Waals surface area contributed by atoms with Crippen LogP contribution >= 0.6 is 0 Å². The summed E-state index contributed by atoms with van der Waals surface area (Å²) in [5.74, 6) is 9.65. The van der Waals surface area contributed by atoms with Gasteiger partial charge in [-0.3, -0.25) is 11.7 Å². The van der Waals surface area contributed by atoms with Gasteiger partial charge in [0.15, 0.2) is 5.82 Å². The first kappa shape index (κ1) is 27.6. The van der Waals surface area contributed by atoms with Gasteiger partial charge in [-0.2, -0.15) is 18.7 Å². The number of hydrazine groups is 2. The first-order valence-electron chi connectivity index (χ1n) is 11.8. The van der Waals surface area contributed by atoms with Crippen LogP contribution in [0.5, 0.6) is 0 Å². The Morgan fingerprint density at radius 2 is 1.56 bits per heavy atom. The molecule has 0 bridgehead atoms. The summed E-state index contributed by atoms with van der Waals surface area (Å²) < 4.78 is 52.9. The molecular formula is C25H31F4N7. The van der Waals surface area contributed by atoms with E-state index in [4.69, 9.17) is 0 Å². The third-order valence-corrected chi connectivity index (χ3v) is 5.78. The summed E-state index contributed by atoms with van der Waals surface area (Å²) in [5.41, 5.74) is 2.12. The fraction of sp³-hybridized carbons (Fsp3) is 0.400. The van der Waals surface area contributed by atoms with Crippen molar-refractivity contribution in [3.05, 3.63) is 77.1 Å². The number of halogens is 4. The number of alkyl halides is 3. The highest BCUT2D eigenvalue weighted by Crippen LogP contribution is 2.31. The minimum absolute atomic E-state index is 0.223. The van der Waals surface area contributed by atoms with E-state index in [2.05, 4.69) is 31.5 Å². The van der Waals surface area contributed by atoms with Crippen molar-refractivity contribution in [1.82, 2.24) is 25.4 Å². The normalized spacial score (nSPS) is 14.3. The van der Waals surface area contributed by atoms with Gasteiger partial charge in [0, 0.05) is 18.4 Å². The number of nitrogens with one attached hydrogen (secondary N) is 1.